The predicted molar refractivity (Wildman–Crippen MR) is 71.4 cm³/mol. The molecule has 3 heteroatoms. The first-order chi connectivity index (χ1) is 8.79. The summed E-state index contributed by atoms with van der Waals surface area (Å²) in [6, 6.07) is 6.75. The second kappa shape index (κ2) is 4.61. The summed E-state index contributed by atoms with van der Waals surface area (Å²) < 4.78 is 0. The van der Waals surface area contributed by atoms with Gasteiger partial charge >= 0.3 is 0 Å². The van der Waals surface area contributed by atoms with Gasteiger partial charge in [-0.2, -0.15) is 5.26 Å². The van der Waals surface area contributed by atoms with Crippen LogP contribution in [0.1, 0.15) is 43.4 Å². The highest BCUT2D eigenvalue weighted by Gasteiger charge is 2.37. The first-order valence-electron chi connectivity index (χ1n) is 6.94. The molecule has 0 bridgehead atoms. The molecule has 0 radical (unpaired) electrons. The van der Waals surface area contributed by atoms with Crippen molar-refractivity contribution in [3.63, 3.8) is 0 Å². The number of aryl methyl sites for hydroxylation is 1. The molecule has 18 heavy (non-hydrogen) atoms. The van der Waals surface area contributed by atoms with Crippen LogP contribution in [0.5, 0.6) is 0 Å². The smallest absolute Gasteiger partial charge is 0.147 e. The third-order valence-electron chi connectivity index (χ3n) is 4.42. The van der Waals surface area contributed by atoms with Gasteiger partial charge in [0.25, 0.3) is 0 Å². The largest absolute Gasteiger partial charge is 0.352 e. The van der Waals surface area contributed by atoms with Crippen molar-refractivity contribution in [3.05, 3.63) is 23.4 Å². The average molecular weight is 241 g/mol. The van der Waals surface area contributed by atoms with Gasteiger partial charge in [-0.1, -0.05) is 12.8 Å². The van der Waals surface area contributed by atoms with Crippen molar-refractivity contribution in [1.82, 2.24) is 4.98 Å². The molecule has 0 aromatic carbocycles. The number of rotatable bonds is 1. The van der Waals surface area contributed by atoms with E-state index in [1.54, 1.807) is 0 Å². The zero-order chi connectivity index (χ0) is 12.5. The highest BCUT2D eigenvalue weighted by Crippen LogP contribution is 2.39. The maximum absolute atomic E-state index is 9.25. The molecule has 2 heterocycles. The quantitative estimate of drug-likeness (QED) is 0.758. The number of hydrogen-bond acceptors (Lipinski definition) is 3. The fourth-order valence-electron chi connectivity index (χ4n) is 3.52. The van der Waals surface area contributed by atoms with E-state index in [0.717, 1.165) is 29.5 Å². The predicted octanol–water partition coefficient (Wildman–Crippen LogP) is 3.03. The van der Waals surface area contributed by atoms with E-state index < -0.39 is 0 Å². The third kappa shape index (κ3) is 1.86. The summed E-state index contributed by atoms with van der Waals surface area (Å²) in [5.74, 6) is 1.75. The standard InChI is InChI=1S/C15H19N3/c1-11-6-7-13(10-16)15(17-11)18-9-8-12-4-2-3-5-14(12)18/h6-7,12,14H,2-5,8-9H2,1H3. The van der Waals surface area contributed by atoms with Crippen molar-refractivity contribution in [2.24, 2.45) is 5.92 Å². The summed E-state index contributed by atoms with van der Waals surface area (Å²) in [6.45, 7) is 3.07. The van der Waals surface area contributed by atoms with Crippen LogP contribution in [0, 0.1) is 24.2 Å². The number of pyridine rings is 1. The first kappa shape index (κ1) is 11.5. The van der Waals surface area contributed by atoms with Gasteiger partial charge in [-0.05, 0) is 44.2 Å². The summed E-state index contributed by atoms with van der Waals surface area (Å²) >= 11 is 0. The normalized spacial score (nSPS) is 26.8. The molecule has 2 aliphatic rings. The number of fused-ring (bicyclic) bond motifs is 1. The van der Waals surface area contributed by atoms with E-state index in [1.807, 2.05) is 19.1 Å². The van der Waals surface area contributed by atoms with Gasteiger partial charge in [0.05, 0.1) is 5.56 Å². The Morgan fingerprint density at radius 2 is 2.11 bits per heavy atom. The van der Waals surface area contributed by atoms with E-state index in [9.17, 15) is 5.26 Å². The van der Waals surface area contributed by atoms with Crippen LogP contribution in [-0.4, -0.2) is 17.6 Å². The van der Waals surface area contributed by atoms with E-state index >= 15 is 0 Å². The Labute approximate surface area is 108 Å². The van der Waals surface area contributed by atoms with Crippen molar-refractivity contribution in [3.8, 4) is 6.07 Å². The Balaban J connectivity index is 1.95. The first-order valence-corrected chi connectivity index (χ1v) is 6.94. The van der Waals surface area contributed by atoms with Crippen molar-refractivity contribution in [2.75, 3.05) is 11.4 Å². The van der Waals surface area contributed by atoms with Gasteiger partial charge in [0.2, 0.25) is 0 Å². The van der Waals surface area contributed by atoms with E-state index in [-0.39, 0.29) is 0 Å². The van der Waals surface area contributed by atoms with Gasteiger partial charge in [0.1, 0.15) is 11.9 Å². The lowest BCUT2D eigenvalue weighted by Gasteiger charge is -2.32. The van der Waals surface area contributed by atoms with Crippen LogP contribution < -0.4 is 4.90 Å². The molecule has 0 N–H and O–H groups in total. The number of nitrogens with zero attached hydrogens (tertiary/aromatic N) is 3. The van der Waals surface area contributed by atoms with Crippen molar-refractivity contribution < 1.29 is 0 Å². The molecular formula is C15H19N3. The monoisotopic (exact) mass is 241 g/mol. The second-order valence-corrected chi connectivity index (χ2v) is 5.53. The molecule has 2 unspecified atom stereocenters. The molecule has 2 atom stereocenters. The van der Waals surface area contributed by atoms with Crippen molar-refractivity contribution in [2.45, 2.75) is 45.1 Å². The lowest BCUT2D eigenvalue weighted by atomic mass is 9.85. The summed E-state index contributed by atoms with van der Waals surface area (Å²) in [5, 5.41) is 9.25. The summed E-state index contributed by atoms with van der Waals surface area (Å²) in [6.07, 6.45) is 6.60. The van der Waals surface area contributed by atoms with Crippen LogP contribution in [0.2, 0.25) is 0 Å². The van der Waals surface area contributed by atoms with Crippen LogP contribution in [0.4, 0.5) is 5.82 Å². The van der Waals surface area contributed by atoms with Crippen LogP contribution in [0.15, 0.2) is 12.1 Å². The summed E-state index contributed by atoms with van der Waals surface area (Å²) in [7, 11) is 0. The molecule has 1 aromatic heterocycles. The molecule has 1 aromatic rings. The van der Waals surface area contributed by atoms with Crippen molar-refractivity contribution in [1.29, 1.82) is 5.26 Å². The summed E-state index contributed by atoms with van der Waals surface area (Å²) in [5.41, 5.74) is 1.73. The lowest BCUT2D eigenvalue weighted by Crippen LogP contribution is -2.35. The number of nitriles is 1. The van der Waals surface area contributed by atoms with E-state index in [1.165, 1.54) is 32.1 Å². The fourth-order valence-corrected chi connectivity index (χ4v) is 3.52. The zero-order valence-electron chi connectivity index (χ0n) is 10.9. The topological polar surface area (TPSA) is 39.9 Å². The van der Waals surface area contributed by atoms with E-state index in [2.05, 4.69) is 16.0 Å². The molecule has 3 rings (SSSR count). The number of aromatic nitrogens is 1. The Kier molecular flexibility index (Phi) is 2.95. The van der Waals surface area contributed by atoms with Crippen LogP contribution >= 0.6 is 0 Å². The van der Waals surface area contributed by atoms with Crippen molar-refractivity contribution >= 4 is 5.82 Å². The molecule has 1 aliphatic heterocycles. The molecule has 1 saturated heterocycles. The Bertz CT molecular complexity index is 489. The lowest BCUT2D eigenvalue weighted by molar-refractivity contribution is 0.341. The Hall–Kier alpha value is -1.56. The minimum Gasteiger partial charge on any atom is -0.352 e. The maximum Gasteiger partial charge on any atom is 0.147 e. The fraction of sp³-hybridized carbons (Fsp3) is 0.600. The van der Waals surface area contributed by atoms with Gasteiger partial charge in [-0.15, -0.1) is 0 Å². The van der Waals surface area contributed by atoms with Crippen LogP contribution in [0.25, 0.3) is 0 Å². The Morgan fingerprint density at radius 1 is 1.28 bits per heavy atom. The highest BCUT2D eigenvalue weighted by atomic mass is 15.2. The average Bonchev–Trinajstić information content (AvgIpc) is 2.82. The molecule has 94 valence electrons. The molecule has 1 saturated carbocycles. The van der Waals surface area contributed by atoms with Crippen LogP contribution in [0.3, 0.4) is 0 Å². The molecule has 0 spiro atoms. The molecular weight excluding hydrogens is 222 g/mol. The zero-order valence-corrected chi connectivity index (χ0v) is 10.9. The van der Waals surface area contributed by atoms with Gasteiger partial charge in [-0.25, -0.2) is 4.98 Å². The minimum absolute atomic E-state index is 0.625. The summed E-state index contributed by atoms with van der Waals surface area (Å²) in [4.78, 5) is 7.02. The third-order valence-corrected chi connectivity index (χ3v) is 4.42. The van der Waals surface area contributed by atoms with E-state index in [4.69, 9.17) is 0 Å². The second-order valence-electron chi connectivity index (χ2n) is 5.53. The molecule has 2 fully saturated rings. The molecule has 0 amide bonds. The number of hydrogen-bond donors (Lipinski definition) is 0. The van der Waals surface area contributed by atoms with E-state index in [0.29, 0.717) is 6.04 Å². The maximum atomic E-state index is 9.25. The van der Waals surface area contributed by atoms with Gasteiger partial charge in [0, 0.05) is 18.3 Å². The van der Waals surface area contributed by atoms with Gasteiger partial charge in [-0.3, -0.25) is 0 Å². The Morgan fingerprint density at radius 3 is 2.94 bits per heavy atom. The SMILES string of the molecule is Cc1ccc(C#N)c(N2CCC3CCCCC32)n1. The molecule has 3 nitrogen and oxygen atoms in total. The highest BCUT2D eigenvalue weighted by molar-refractivity contribution is 5.55. The molecule has 1 aliphatic carbocycles. The number of anilines is 1. The van der Waals surface area contributed by atoms with Gasteiger partial charge < -0.3 is 4.90 Å². The van der Waals surface area contributed by atoms with Crippen LogP contribution in [-0.2, 0) is 0 Å². The minimum atomic E-state index is 0.625. The van der Waals surface area contributed by atoms with Gasteiger partial charge in [0.15, 0.2) is 0 Å².